The molecule has 1 nitrogen and oxygen atoms in total. The highest BCUT2D eigenvalue weighted by atomic mass is 16.3. The summed E-state index contributed by atoms with van der Waals surface area (Å²) >= 11 is 0. The fourth-order valence-corrected chi connectivity index (χ4v) is 0.467. The molecule has 0 spiro atoms. The maximum Gasteiger partial charge on any atom is 0.0920 e. The highest BCUT2D eigenvalue weighted by Gasteiger charge is 1.82. The molecule has 0 aliphatic rings. The van der Waals surface area contributed by atoms with Crippen LogP contribution in [0.2, 0.25) is 0 Å². The molecule has 0 bridgehead atoms. The molecule has 0 atom stereocenters. The number of allylic oxidation sites excluding steroid dienone is 2. The molecular formula is C7H12O. The zero-order chi connectivity index (χ0) is 6.41. The lowest BCUT2D eigenvalue weighted by atomic mass is 10.3. The number of hydrogen-bond acceptors (Lipinski definition) is 1. The molecule has 0 aromatic rings. The van der Waals surface area contributed by atoms with Gasteiger partial charge in [0.2, 0.25) is 0 Å². The first-order valence-corrected chi connectivity index (χ1v) is 2.80. The Labute approximate surface area is 50.3 Å². The molecular weight excluding hydrogens is 100 g/mol. The summed E-state index contributed by atoms with van der Waals surface area (Å²) in [5, 5.41) is 8.84. The highest BCUT2D eigenvalue weighted by Crippen LogP contribution is 1.96. The Bertz CT molecular complexity index is 92.6. The summed E-state index contributed by atoms with van der Waals surface area (Å²) in [6, 6.07) is 0. The van der Waals surface area contributed by atoms with E-state index in [9.17, 15) is 0 Å². The Morgan fingerprint density at radius 2 is 2.38 bits per heavy atom. The van der Waals surface area contributed by atoms with Crippen molar-refractivity contribution < 1.29 is 5.11 Å². The lowest BCUT2D eigenvalue weighted by Crippen LogP contribution is -1.74. The molecule has 46 valence electrons. The second-order valence-electron chi connectivity index (χ2n) is 1.60. The van der Waals surface area contributed by atoms with Crippen LogP contribution in [-0.4, -0.2) is 5.11 Å². The maximum atomic E-state index is 8.84. The molecule has 0 rings (SSSR count). The zero-order valence-electron chi connectivity index (χ0n) is 5.22. The molecule has 0 aliphatic heterocycles. The normalized spacial score (nSPS) is 11.4. The van der Waals surface area contributed by atoms with E-state index in [4.69, 9.17) is 5.11 Å². The summed E-state index contributed by atoms with van der Waals surface area (Å²) < 4.78 is 0. The Hall–Kier alpha value is -0.720. The summed E-state index contributed by atoms with van der Waals surface area (Å²) in [6.45, 7) is 5.47. The summed E-state index contributed by atoms with van der Waals surface area (Å²) in [5.74, 6) is 0.419. The van der Waals surface area contributed by atoms with Crippen molar-refractivity contribution in [3.8, 4) is 0 Å². The molecule has 0 aromatic carbocycles. The molecule has 0 saturated carbocycles. The molecule has 0 heterocycles. The van der Waals surface area contributed by atoms with Crippen LogP contribution in [0.1, 0.15) is 19.8 Å². The van der Waals surface area contributed by atoms with Crippen LogP contribution >= 0.6 is 0 Å². The van der Waals surface area contributed by atoms with E-state index in [-0.39, 0.29) is 0 Å². The van der Waals surface area contributed by atoms with E-state index in [1.807, 2.05) is 6.92 Å². The number of hydrogen-bond donors (Lipinski definition) is 1. The minimum absolute atomic E-state index is 0.419. The van der Waals surface area contributed by atoms with Gasteiger partial charge in [-0.05, 0) is 12.5 Å². The van der Waals surface area contributed by atoms with Gasteiger partial charge in [-0.2, -0.15) is 0 Å². The van der Waals surface area contributed by atoms with E-state index >= 15 is 0 Å². The largest absolute Gasteiger partial charge is 0.512 e. The van der Waals surface area contributed by atoms with E-state index in [0.717, 1.165) is 6.42 Å². The Morgan fingerprint density at radius 3 is 2.75 bits per heavy atom. The SMILES string of the molecule is C=CC/C(O)=C\CC. The Kier molecular flexibility index (Phi) is 4.04. The van der Waals surface area contributed by atoms with Crippen LogP contribution in [0.4, 0.5) is 0 Å². The Morgan fingerprint density at radius 1 is 1.75 bits per heavy atom. The van der Waals surface area contributed by atoms with Gasteiger partial charge in [-0.25, -0.2) is 0 Å². The van der Waals surface area contributed by atoms with Gasteiger partial charge in [0, 0.05) is 6.42 Å². The molecule has 0 amide bonds. The molecule has 0 saturated heterocycles. The third-order valence-electron chi connectivity index (χ3n) is 0.793. The van der Waals surface area contributed by atoms with Crippen molar-refractivity contribution >= 4 is 0 Å². The zero-order valence-corrected chi connectivity index (χ0v) is 5.22. The van der Waals surface area contributed by atoms with Gasteiger partial charge in [0.25, 0.3) is 0 Å². The molecule has 0 unspecified atom stereocenters. The van der Waals surface area contributed by atoms with Crippen molar-refractivity contribution in [1.29, 1.82) is 0 Å². The van der Waals surface area contributed by atoms with Crippen molar-refractivity contribution in [3.05, 3.63) is 24.5 Å². The average molecular weight is 112 g/mol. The van der Waals surface area contributed by atoms with Crippen LogP contribution in [0.25, 0.3) is 0 Å². The van der Waals surface area contributed by atoms with Gasteiger partial charge in [-0.1, -0.05) is 13.0 Å². The summed E-state index contributed by atoms with van der Waals surface area (Å²) in [4.78, 5) is 0. The van der Waals surface area contributed by atoms with Gasteiger partial charge >= 0.3 is 0 Å². The quantitative estimate of drug-likeness (QED) is 0.439. The van der Waals surface area contributed by atoms with Crippen LogP contribution in [-0.2, 0) is 0 Å². The minimum atomic E-state index is 0.419. The summed E-state index contributed by atoms with van der Waals surface area (Å²) in [6.07, 6.45) is 4.94. The first-order chi connectivity index (χ1) is 3.81. The van der Waals surface area contributed by atoms with Gasteiger partial charge in [0.1, 0.15) is 0 Å². The van der Waals surface area contributed by atoms with Gasteiger partial charge in [-0.15, -0.1) is 6.58 Å². The molecule has 1 N–H and O–H groups in total. The van der Waals surface area contributed by atoms with Gasteiger partial charge < -0.3 is 5.11 Å². The van der Waals surface area contributed by atoms with Crippen LogP contribution in [0.15, 0.2) is 24.5 Å². The van der Waals surface area contributed by atoms with E-state index in [1.165, 1.54) is 0 Å². The predicted octanol–water partition coefficient (Wildman–Crippen LogP) is 2.41. The van der Waals surface area contributed by atoms with Gasteiger partial charge in [-0.3, -0.25) is 0 Å². The third kappa shape index (κ3) is 3.47. The molecule has 0 radical (unpaired) electrons. The smallest absolute Gasteiger partial charge is 0.0920 e. The van der Waals surface area contributed by atoms with Crippen molar-refractivity contribution in [2.75, 3.05) is 0 Å². The number of aliphatic hydroxyl groups excluding tert-OH is 1. The van der Waals surface area contributed by atoms with Crippen molar-refractivity contribution in [2.24, 2.45) is 0 Å². The average Bonchev–Trinajstić information content (AvgIpc) is 1.68. The highest BCUT2D eigenvalue weighted by molar-refractivity contribution is 4.95. The molecule has 1 heteroatoms. The topological polar surface area (TPSA) is 20.2 Å². The minimum Gasteiger partial charge on any atom is -0.512 e. The first-order valence-electron chi connectivity index (χ1n) is 2.80. The van der Waals surface area contributed by atoms with Crippen LogP contribution in [0.3, 0.4) is 0 Å². The lowest BCUT2D eigenvalue weighted by Gasteiger charge is -1.89. The van der Waals surface area contributed by atoms with Crippen molar-refractivity contribution in [1.82, 2.24) is 0 Å². The van der Waals surface area contributed by atoms with Gasteiger partial charge in [0.15, 0.2) is 0 Å². The lowest BCUT2D eigenvalue weighted by molar-refractivity contribution is 0.399. The number of rotatable bonds is 3. The summed E-state index contributed by atoms with van der Waals surface area (Å²) in [7, 11) is 0. The Balaban J connectivity index is 3.44. The van der Waals surface area contributed by atoms with Crippen LogP contribution in [0, 0.1) is 0 Å². The predicted molar refractivity (Wildman–Crippen MR) is 35.8 cm³/mol. The fourth-order valence-electron chi connectivity index (χ4n) is 0.467. The van der Waals surface area contributed by atoms with E-state index < -0.39 is 0 Å². The monoisotopic (exact) mass is 112 g/mol. The molecule has 8 heavy (non-hydrogen) atoms. The fraction of sp³-hybridized carbons (Fsp3) is 0.429. The second kappa shape index (κ2) is 4.44. The van der Waals surface area contributed by atoms with Crippen LogP contribution < -0.4 is 0 Å². The van der Waals surface area contributed by atoms with Crippen molar-refractivity contribution in [2.45, 2.75) is 19.8 Å². The maximum absolute atomic E-state index is 8.84. The third-order valence-corrected chi connectivity index (χ3v) is 0.793. The standard InChI is InChI=1S/C7H12O/c1-3-5-7(8)6-4-2/h3,6,8H,1,4-5H2,2H3/b7-6+. The number of aliphatic hydroxyl groups is 1. The van der Waals surface area contributed by atoms with E-state index in [2.05, 4.69) is 6.58 Å². The van der Waals surface area contributed by atoms with Gasteiger partial charge in [0.05, 0.1) is 5.76 Å². The van der Waals surface area contributed by atoms with Crippen LogP contribution in [0.5, 0.6) is 0 Å². The van der Waals surface area contributed by atoms with Crippen molar-refractivity contribution in [3.63, 3.8) is 0 Å². The first kappa shape index (κ1) is 7.28. The molecule has 0 aromatic heterocycles. The van der Waals surface area contributed by atoms with E-state index in [1.54, 1.807) is 12.2 Å². The van der Waals surface area contributed by atoms with E-state index in [0.29, 0.717) is 12.2 Å². The molecule has 0 fully saturated rings. The second-order valence-corrected chi connectivity index (χ2v) is 1.60. The summed E-state index contributed by atoms with van der Waals surface area (Å²) in [5.41, 5.74) is 0. The molecule has 0 aliphatic carbocycles.